The van der Waals surface area contributed by atoms with E-state index in [9.17, 15) is 19.8 Å². The van der Waals surface area contributed by atoms with Gasteiger partial charge in [-0.25, -0.2) is 9.78 Å². The topological polar surface area (TPSA) is 95.7 Å². The molecule has 3 unspecified atom stereocenters. The maximum absolute atomic E-state index is 12.1. The Kier molecular flexibility index (Phi) is 3.96. The smallest absolute Gasteiger partial charge is 0.355 e. The van der Waals surface area contributed by atoms with Crippen molar-refractivity contribution in [2.75, 3.05) is 6.26 Å². The molecule has 0 bridgehead atoms. The summed E-state index contributed by atoms with van der Waals surface area (Å²) in [5, 5.41) is 19.3. The number of aromatic nitrogens is 2. The second-order valence-corrected chi connectivity index (χ2v) is 7.12. The summed E-state index contributed by atoms with van der Waals surface area (Å²) in [5.74, 6) is -1.33. The molecule has 0 spiro atoms. The number of aliphatic carboxylic acids is 1. The van der Waals surface area contributed by atoms with Gasteiger partial charge in [-0.1, -0.05) is 11.8 Å². The van der Waals surface area contributed by atoms with Gasteiger partial charge in [0.25, 0.3) is 0 Å². The molecule has 1 amide bonds. The van der Waals surface area contributed by atoms with Crippen LogP contribution in [0.1, 0.15) is 12.6 Å². The molecule has 1 fully saturated rings. The monoisotopic (exact) mass is 341 g/mol. The Labute approximate surface area is 135 Å². The van der Waals surface area contributed by atoms with E-state index in [0.717, 1.165) is 11.4 Å². The van der Waals surface area contributed by atoms with Crippen molar-refractivity contribution in [3.8, 4) is 0 Å². The number of carbonyl (C=O) groups is 2. The number of β-lactam (4-membered cyclic amide) rings is 1. The van der Waals surface area contributed by atoms with E-state index in [4.69, 9.17) is 0 Å². The van der Waals surface area contributed by atoms with E-state index in [1.807, 2.05) is 6.26 Å². The number of aliphatic hydroxyl groups is 1. The number of carboxylic acid groups (broad SMARTS) is 1. The first-order chi connectivity index (χ1) is 10.5. The lowest BCUT2D eigenvalue weighted by Crippen LogP contribution is -2.60. The largest absolute Gasteiger partial charge is 0.476 e. The molecular weight excluding hydrogens is 326 g/mol. The summed E-state index contributed by atoms with van der Waals surface area (Å²) in [6.45, 7) is 1.55. The van der Waals surface area contributed by atoms with Gasteiger partial charge in [0.05, 0.1) is 24.0 Å². The fourth-order valence-corrected chi connectivity index (χ4v) is 4.64. The molecule has 0 aliphatic carbocycles. The van der Waals surface area contributed by atoms with Gasteiger partial charge in [-0.2, -0.15) is 11.8 Å². The first kappa shape index (κ1) is 15.4. The molecular formula is C13H15N3O4S2. The summed E-state index contributed by atoms with van der Waals surface area (Å²) in [5.41, 5.74) is 0.808. The fraction of sp³-hybridized carbons (Fsp3) is 0.462. The first-order valence-electron chi connectivity index (χ1n) is 6.63. The number of thioether (sulfide) groups is 2. The van der Waals surface area contributed by atoms with Crippen LogP contribution in [0.5, 0.6) is 0 Å². The van der Waals surface area contributed by atoms with Crippen LogP contribution >= 0.6 is 23.5 Å². The van der Waals surface area contributed by atoms with Crippen molar-refractivity contribution in [1.29, 1.82) is 0 Å². The van der Waals surface area contributed by atoms with Crippen LogP contribution in [0.2, 0.25) is 0 Å². The van der Waals surface area contributed by atoms with Gasteiger partial charge in [-0.05, 0) is 13.2 Å². The molecule has 1 aromatic heterocycles. The predicted molar refractivity (Wildman–Crippen MR) is 83.7 cm³/mol. The summed E-state index contributed by atoms with van der Waals surface area (Å²) in [6.07, 6.45) is 4.49. The van der Waals surface area contributed by atoms with Gasteiger partial charge in [-0.15, -0.1) is 0 Å². The third-order valence-electron chi connectivity index (χ3n) is 3.65. The first-order valence-corrected chi connectivity index (χ1v) is 8.90. The summed E-state index contributed by atoms with van der Waals surface area (Å²) < 4.78 is 1.64. The van der Waals surface area contributed by atoms with Crippen molar-refractivity contribution in [3.05, 3.63) is 23.9 Å². The number of aliphatic hydroxyl groups excluding tert-OH is 1. The number of nitrogens with zero attached hydrogens (tertiary/aromatic N) is 3. The maximum Gasteiger partial charge on any atom is 0.355 e. The number of imidazole rings is 1. The summed E-state index contributed by atoms with van der Waals surface area (Å²) in [6, 6.07) is 0. The number of carboxylic acids is 1. The Morgan fingerprint density at radius 3 is 2.91 bits per heavy atom. The Bertz CT molecular complexity index is 670. The molecule has 3 rings (SSSR count). The van der Waals surface area contributed by atoms with Crippen molar-refractivity contribution in [2.24, 2.45) is 5.92 Å². The molecule has 3 atom stereocenters. The molecule has 2 N–H and O–H groups in total. The summed E-state index contributed by atoms with van der Waals surface area (Å²) in [4.78, 5) is 29.2. The van der Waals surface area contributed by atoms with Gasteiger partial charge in [0.15, 0.2) is 5.70 Å². The van der Waals surface area contributed by atoms with Crippen molar-refractivity contribution in [3.63, 3.8) is 0 Å². The zero-order valence-electron chi connectivity index (χ0n) is 12.0. The van der Waals surface area contributed by atoms with Crippen LogP contribution in [0.25, 0.3) is 5.03 Å². The highest BCUT2D eigenvalue weighted by Gasteiger charge is 2.58. The van der Waals surface area contributed by atoms with E-state index in [1.165, 1.54) is 16.7 Å². The number of rotatable bonds is 5. The van der Waals surface area contributed by atoms with E-state index >= 15 is 0 Å². The van der Waals surface area contributed by atoms with Crippen molar-refractivity contribution >= 4 is 40.4 Å². The molecule has 9 heteroatoms. The van der Waals surface area contributed by atoms with Gasteiger partial charge in [0.1, 0.15) is 10.4 Å². The highest BCUT2D eigenvalue weighted by Crippen LogP contribution is 2.51. The minimum absolute atomic E-state index is 0.0370. The van der Waals surface area contributed by atoms with E-state index in [2.05, 4.69) is 4.98 Å². The minimum Gasteiger partial charge on any atom is -0.476 e. The summed E-state index contributed by atoms with van der Waals surface area (Å²) >= 11 is 2.90. The average Bonchev–Trinajstić information content (AvgIpc) is 3.00. The normalized spacial score (nSPS) is 25.2. The molecule has 0 radical (unpaired) electrons. The lowest BCUT2D eigenvalue weighted by Gasteiger charge is -2.43. The third kappa shape index (κ3) is 2.24. The fourth-order valence-electron chi connectivity index (χ4n) is 2.64. The van der Waals surface area contributed by atoms with Crippen LogP contribution in [0.4, 0.5) is 0 Å². The molecule has 3 heterocycles. The highest BCUT2D eigenvalue weighted by molar-refractivity contribution is 8.08. The minimum atomic E-state index is -1.15. The predicted octanol–water partition coefficient (Wildman–Crippen LogP) is 0.869. The Morgan fingerprint density at radius 1 is 1.59 bits per heavy atom. The Hall–Kier alpha value is -1.45. The van der Waals surface area contributed by atoms with Crippen LogP contribution in [0.3, 0.4) is 0 Å². The maximum atomic E-state index is 12.1. The van der Waals surface area contributed by atoms with Crippen molar-refractivity contribution < 1.29 is 19.8 Å². The van der Waals surface area contributed by atoms with Gasteiger partial charge in [0.2, 0.25) is 5.91 Å². The molecule has 0 aromatic carbocycles. The number of amides is 1. The summed E-state index contributed by atoms with van der Waals surface area (Å²) in [7, 11) is 0. The third-order valence-corrected chi connectivity index (χ3v) is 5.60. The molecule has 1 aromatic rings. The zero-order chi connectivity index (χ0) is 16.0. The van der Waals surface area contributed by atoms with E-state index in [1.54, 1.807) is 35.8 Å². The van der Waals surface area contributed by atoms with E-state index < -0.39 is 18.0 Å². The quantitative estimate of drug-likeness (QED) is 0.767. The van der Waals surface area contributed by atoms with Gasteiger partial charge in [-0.3, -0.25) is 14.3 Å². The molecule has 118 valence electrons. The van der Waals surface area contributed by atoms with E-state index in [0.29, 0.717) is 5.03 Å². The Morgan fingerprint density at radius 2 is 2.32 bits per heavy atom. The van der Waals surface area contributed by atoms with E-state index in [-0.39, 0.29) is 17.0 Å². The molecule has 0 saturated carbocycles. The molecule has 2 aliphatic rings. The van der Waals surface area contributed by atoms with Crippen LogP contribution in [-0.2, 0) is 15.3 Å². The number of carbonyl (C=O) groups excluding carboxylic acids is 1. The van der Waals surface area contributed by atoms with Gasteiger partial charge in [0, 0.05) is 11.9 Å². The standard InChI is InChI=1S/C13H15N3O4S2/c1-6(17)8-10(18)16-9(13(19)20)12(22-11(8)16)15-3-7(4-21-2)14-5-15/h3,5-6,8,11,17H,4H2,1-2H3,(H,19,20). The lowest BCUT2D eigenvalue weighted by molar-refractivity contribution is -0.156. The SMILES string of the molecule is CSCc1cn(C2=C(C(=O)O)N3C(=O)C(C(C)O)C3S2)cn1. The molecule has 1 saturated heterocycles. The Balaban J connectivity index is 1.96. The molecule has 7 nitrogen and oxygen atoms in total. The van der Waals surface area contributed by atoms with Crippen LogP contribution < -0.4 is 0 Å². The van der Waals surface area contributed by atoms with Crippen molar-refractivity contribution in [1.82, 2.24) is 14.5 Å². The molecule has 22 heavy (non-hydrogen) atoms. The lowest BCUT2D eigenvalue weighted by atomic mass is 9.92. The second kappa shape index (κ2) is 5.64. The number of fused-ring (bicyclic) bond motifs is 1. The molecule has 2 aliphatic heterocycles. The zero-order valence-corrected chi connectivity index (χ0v) is 13.6. The van der Waals surface area contributed by atoms with Crippen LogP contribution in [-0.4, -0.2) is 54.3 Å². The highest BCUT2D eigenvalue weighted by atomic mass is 32.2. The number of hydrogen-bond acceptors (Lipinski definition) is 6. The van der Waals surface area contributed by atoms with Crippen LogP contribution in [0, 0.1) is 5.92 Å². The van der Waals surface area contributed by atoms with Crippen molar-refractivity contribution in [2.45, 2.75) is 24.2 Å². The number of hydrogen-bond donors (Lipinski definition) is 2. The van der Waals surface area contributed by atoms with Gasteiger partial charge < -0.3 is 10.2 Å². The van der Waals surface area contributed by atoms with Gasteiger partial charge >= 0.3 is 5.97 Å². The van der Waals surface area contributed by atoms with Crippen LogP contribution in [0.15, 0.2) is 18.2 Å². The average molecular weight is 341 g/mol. The second-order valence-electron chi connectivity index (χ2n) is 5.15.